The Morgan fingerprint density at radius 2 is 1.86 bits per heavy atom. The second-order valence-corrected chi connectivity index (χ2v) is 6.88. The Labute approximate surface area is 165 Å². The molecule has 0 saturated heterocycles. The van der Waals surface area contributed by atoms with Gasteiger partial charge in [-0.25, -0.2) is 4.39 Å². The zero-order valence-electron chi connectivity index (χ0n) is 16.2. The van der Waals surface area contributed by atoms with E-state index in [0.717, 1.165) is 19.4 Å². The first-order valence-electron chi connectivity index (χ1n) is 9.70. The minimum Gasteiger partial charge on any atom is -0.356 e. The smallest absolute Gasteiger partial charge is 0.222 e. The van der Waals surface area contributed by atoms with E-state index in [4.69, 9.17) is 0 Å². The van der Waals surface area contributed by atoms with Crippen molar-refractivity contribution in [1.29, 1.82) is 0 Å². The molecule has 0 unspecified atom stereocenters. The van der Waals surface area contributed by atoms with Gasteiger partial charge in [-0.2, -0.15) is 0 Å². The summed E-state index contributed by atoms with van der Waals surface area (Å²) in [4.78, 5) is 18.6. The second-order valence-electron chi connectivity index (χ2n) is 6.88. The van der Waals surface area contributed by atoms with E-state index in [1.54, 1.807) is 25.2 Å². The third-order valence-electron chi connectivity index (χ3n) is 4.97. The molecule has 2 N–H and O–H groups in total. The van der Waals surface area contributed by atoms with Gasteiger partial charge in [0.1, 0.15) is 5.82 Å². The highest BCUT2D eigenvalue weighted by molar-refractivity contribution is 5.80. The van der Waals surface area contributed by atoms with Gasteiger partial charge in [0, 0.05) is 45.2 Å². The molecule has 0 atom stereocenters. The lowest BCUT2D eigenvalue weighted by Crippen LogP contribution is -2.38. The van der Waals surface area contributed by atoms with E-state index in [1.807, 2.05) is 11.0 Å². The zero-order valence-corrected chi connectivity index (χ0v) is 16.2. The van der Waals surface area contributed by atoms with E-state index in [1.165, 1.54) is 17.2 Å². The minimum atomic E-state index is -0.237. The summed E-state index contributed by atoms with van der Waals surface area (Å²) < 4.78 is 13.7. The Hall–Kier alpha value is -2.89. The topological polar surface area (TPSA) is 56.7 Å². The van der Waals surface area contributed by atoms with Crippen LogP contribution in [0.1, 0.15) is 29.5 Å². The van der Waals surface area contributed by atoms with Gasteiger partial charge in [-0.1, -0.05) is 42.5 Å². The predicted octanol–water partition coefficient (Wildman–Crippen LogP) is 2.86. The molecule has 5 nitrogen and oxygen atoms in total. The highest BCUT2D eigenvalue weighted by atomic mass is 19.1. The Morgan fingerprint density at radius 1 is 1.11 bits per heavy atom. The van der Waals surface area contributed by atoms with Crippen LogP contribution in [-0.4, -0.2) is 36.9 Å². The number of amides is 1. The van der Waals surface area contributed by atoms with E-state index in [-0.39, 0.29) is 11.7 Å². The number of fused-ring (bicyclic) bond motifs is 1. The van der Waals surface area contributed by atoms with Crippen molar-refractivity contribution in [2.75, 3.05) is 20.1 Å². The van der Waals surface area contributed by atoms with Crippen molar-refractivity contribution in [3.8, 4) is 0 Å². The second kappa shape index (κ2) is 9.88. The van der Waals surface area contributed by atoms with Crippen molar-refractivity contribution in [2.45, 2.75) is 32.4 Å². The highest BCUT2D eigenvalue weighted by Gasteiger charge is 2.19. The number of nitrogens with zero attached hydrogens (tertiary/aromatic N) is 2. The van der Waals surface area contributed by atoms with E-state index in [9.17, 15) is 9.18 Å². The highest BCUT2D eigenvalue weighted by Crippen LogP contribution is 2.19. The molecule has 2 aromatic rings. The third-order valence-corrected chi connectivity index (χ3v) is 4.97. The van der Waals surface area contributed by atoms with Gasteiger partial charge in [-0.15, -0.1) is 0 Å². The number of aliphatic imine (C=N–C) groups is 1. The molecule has 0 fully saturated rings. The fraction of sp³-hybridized carbons (Fsp3) is 0.364. The fourth-order valence-corrected chi connectivity index (χ4v) is 3.35. The molecule has 28 heavy (non-hydrogen) atoms. The van der Waals surface area contributed by atoms with Crippen LogP contribution in [0.25, 0.3) is 0 Å². The number of guanidine groups is 1. The molecule has 3 rings (SSSR count). The van der Waals surface area contributed by atoms with Gasteiger partial charge in [-0.05, 0) is 30.0 Å². The van der Waals surface area contributed by atoms with Crippen LogP contribution in [0, 0.1) is 5.82 Å². The van der Waals surface area contributed by atoms with Crippen molar-refractivity contribution in [3.63, 3.8) is 0 Å². The number of carbonyl (C=O) groups is 1. The SMILES string of the molecule is CN=C(NCCCC(=O)N1CCc2ccccc2C1)NCc1ccccc1F. The lowest BCUT2D eigenvalue weighted by molar-refractivity contribution is -0.132. The summed E-state index contributed by atoms with van der Waals surface area (Å²) in [6, 6.07) is 15.0. The third kappa shape index (κ3) is 5.31. The summed E-state index contributed by atoms with van der Waals surface area (Å²) in [5, 5.41) is 6.27. The van der Waals surface area contributed by atoms with Gasteiger partial charge in [0.25, 0.3) is 0 Å². The van der Waals surface area contributed by atoms with Gasteiger partial charge >= 0.3 is 0 Å². The number of hydrogen-bond acceptors (Lipinski definition) is 2. The van der Waals surface area contributed by atoms with Crippen LogP contribution in [0.4, 0.5) is 4.39 Å². The summed E-state index contributed by atoms with van der Waals surface area (Å²) in [6.07, 6.45) is 2.14. The number of carbonyl (C=O) groups excluding carboxylic acids is 1. The van der Waals surface area contributed by atoms with E-state index < -0.39 is 0 Å². The van der Waals surface area contributed by atoms with Crippen LogP contribution in [0.15, 0.2) is 53.5 Å². The number of rotatable bonds is 6. The molecule has 0 aliphatic carbocycles. The standard InChI is InChI=1S/C22H27FN4O/c1-24-22(26-15-18-8-4-5-10-20(18)23)25-13-6-11-21(28)27-14-12-17-7-2-3-9-19(17)16-27/h2-5,7-10H,6,11-16H2,1H3,(H2,24,25,26). The molecular weight excluding hydrogens is 355 g/mol. The van der Waals surface area contributed by atoms with Crippen molar-refractivity contribution in [3.05, 3.63) is 71.0 Å². The van der Waals surface area contributed by atoms with E-state index in [2.05, 4.69) is 33.8 Å². The maximum Gasteiger partial charge on any atom is 0.222 e. The average molecular weight is 382 g/mol. The Kier molecular flexibility index (Phi) is 7.00. The van der Waals surface area contributed by atoms with Crippen molar-refractivity contribution < 1.29 is 9.18 Å². The maximum atomic E-state index is 13.7. The average Bonchev–Trinajstić information content (AvgIpc) is 2.73. The monoisotopic (exact) mass is 382 g/mol. The Morgan fingerprint density at radius 3 is 2.64 bits per heavy atom. The molecule has 0 bridgehead atoms. The lowest BCUT2D eigenvalue weighted by atomic mass is 9.99. The van der Waals surface area contributed by atoms with Crippen LogP contribution in [0.5, 0.6) is 0 Å². The summed E-state index contributed by atoms with van der Waals surface area (Å²) >= 11 is 0. The van der Waals surface area contributed by atoms with E-state index in [0.29, 0.717) is 37.6 Å². The molecule has 148 valence electrons. The minimum absolute atomic E-state index is 0.186. The predicted molar refractivity (Wildman–Crippen MR) is 109 cm³/mol. The van der Waals surface area contributed by atoms with Crippen LogP contribution >= 0.6 is 0 Å². The Balaban J connectivity index is 1.37. The molecule has 6 heteroatoms. The number of hydrogen-bond donors (Lipinski definition) is 2. The van der Waals surface area contributed by atoms with Crippen LogP contribution in [0.2, 0.25) is 0 Å². The van der Waals surface area contributed by atoms with Gasteiger partial charge in [-0.3, -0.25) is 9.79 Å². The molecule has 1 aliphatic rings. The zero-order chi connectivity index (χ0) is 19.8. The lowest BCUT2D eigenvalue weighted by Gasteiger charge is -2.29. The largest absolute Gasteiger partial charge is 0.356 e. The number of halogens is 1. The van der Waals surface area contributed by atoms with Crippen LogP contribution < -0.4 is 10.6 Å². The molecule has 1 amide bonds. The summed E-state index contributed by atoms with van der Waals surface area (Å²) in [5.41, 5.74) is 3.18. The van der Waals surface area contributed by atoms with Gasteiger partial charge in [0.15, 0.2) is 5.96 Å². The van der Waals surface area contributed by atoms with Crippen molar-refractivity contribution in [2.24, 2.45) is 4.99 Å². The number of benzene rings is 2. The molecule has 0 saturated carbocycles. The van der Waals surface area contributed by atoms with Gasteiger partial charge < -0.3 is 15.5 Å². The van der Waals surface area contributed by atoms with E-state index >= 15 is 0 Å². The molecule has 0 spiro atoms. The van der Waals surface area contributed by atoms with Gasteiger partial charge in [0.05, 0.1) is 0 Å². The summed E-state index contributed by atoms with van der Waals surface area (Å²) in [6.45, 7) is 2.48. The van der Waals surface area contributed by atoms with Crippen LogP contribution in [0.3, 0.4) is 0 Å². The summed E-state index contributed by atoms with van der Waals surface area (Å²) in [5.74, 6) is 0.548. The first kappa shape index (κ1) is 19.9. The van der Waals surface area contributed by atoms with Gasteiger partial charge in [0.2, 0.25) is 5.91 Å². The van der Waals surface area contributed by atoms with Crippen molar-refractivity contribution >= 4 is 11.9 Å². The molecule has 1 aliphatic heterocycles. The Bertz CT molecular complexity index is 837. The quantitative estimate of drug-likeness (QED) is 0.459. The maximum absolute atomic E-state index is 13.7. The molecule has 0 aromatic heterocycles. The molecule has 1 heterocycles. The first-order valence-corrected chi connectivity index (χ1v) is 9.70. The first-order chi connectivity index (χ1) is 13.7. The number of nitrogens with one attached hydrogen (secondary N) is 2. The normalized spacial score (nSPS) is 13.8. The fourth-order valence-electron chi connectivity index (χ4n) is 3.35. The molecular formula is C22H27FN4O. The van der Waals surface area contributed by atoms with Crippen LogP contribution in [-0.2, 0) is 24.3 Å². The van der Waals surface area contributed by atoms with Crippen molar-refractivity contribution in [1.82, 2.24) is 15.5 Å². The molecule has 0 radical (unpaired) electrons. The molecule has 2 aromatic carbocycles. The summed E-state index contributed by atoms with van der Waals surface area (Å²) in [7, 11) is 1.67.